The summed E-state index contributed by atoms with van der Waals surface area (Å²) >= 11 is 9.11. The molecule has 2 nitrogen and oxygen atoms in total. The summed E-state index contributed by atoms with van der Waals surface area (Å²) in [6.45, 7) is 4.23. The highest BCUT2D eigenvalue weighted by Crippen LogP contribution is 2.15. The van der Waals surface area contributed by atoms with Gasteiger partial charge in [0.15, 0.2) is 0 Å². The molecule has 0 aliphatic rings. The van der Waals surface area contributed by atoms with Crippen molar-refractivity contribution in [2.45, 2.75) is 19.2 Å². The monoisotopic (exact) mass is 289 g/mol. The highest BCUT2D eigenvalue weighted by Gasteiger charge is 2.09. The van der Waals surface area contributed by atoms with Crippen molar-refractivity contribution in [3.05, 3.63) is 33.8 Å². The minimum absolute atomic E-state index is 0.0512. The zero-order chi connectivity index (χ0) is 11.4. The summed E-state index contributed by atoms with van der Waals surface area (Å²) in [4.78, 5) is 11.7. The molecule has 0 aromatic heterocycles. The third-order valence-electron chi connectivity index (χ3n) is 1.98. The Hall–Kier alpha value is -0.540. The number of amides is 1. The van der Waals surface area contributed by atoms with E-state index in [1.54, 1.807) is 6.07 Å². The van der Waals surface area contributed by atoms with Crippen LogP contribution >= 0.6 is 27.5 Å². The largest absolute Gasteiger partial charge is 0.351 e. The average Bonchev–Trinajstić information content (AvgIpc) is 2.14. The third-order valence-corrected chi connectivity index (χ3v) is 2.62. The summed E-state index contributed by atoms with van der Waals surface area (Å²) in [5, 5.41) is 2.72. The number of carbonyl (C=O) groups is 1. The lowest BCUT2D eigenvalue weighted by Crippen LogP contribution is -2.29. The van der Waals surface area contributed by atoms with Crippen LogP contribution in [0.1, 0.15) is 22.8 Å². The lowest BCUT2D eigenvalue weighted by atomic mass is 10.1. The fraction of sp³-hybridized carbons (Fsp3) is 0.364. The van der Waals surface area contributed by atoms with Gasteiger partial charge in [-0.2, -0.15) is 0 Å². The number of carbonyl (C=O) groups excluding carboxylic acids is 1. The van der Waals surface area contributed by atoms with Gasteiger partial charge >= 0.3 is 0 Å². The Kier molecular flexibility index (Phi) is 4.61. The minimum atomic E-state index is -0.0764. The van der Waals surface area contributed by atoms with E-state index in [0.717, 1.165) is 10.0 Å². The van der Waals surface area contributed by atoms with Crippen LogP contribution in [0, 0.1) is 6.92 Å². The van der Waals surface area contributed by atoms with Gasteiger partial charge in [0.2, 0.25) is 0 Å². The van der Waals surface area contributed by atoms with Crippen LogP contribution in [-0.4, -0.2) is 17.8 Å². The first-order chi connectivity index (χ1) is 7.00. The van der Waals surface area contributed by atoms with Gasteiger partial charge in [-0.05, 0) is 37.6 Å². The van der Waals surface area contributed by atoms with E-state index in [1.165, 1.54) is 0 Å². The van der Waals surface area contributed by atoms with Crippen molar-refractivity contribution in [1.29, 1.82) is 0 Å². The molecule has 0 fully saturated rings. The summed E-state index contributed by atoms with van der Waals surface area (Å²) in [5.41, 5.74) is 1.64. The average molecular weight is 291 g/mol. The fourth-order valence-corrected chi connectivity index (χ4v) is 1.76. The summed E-state index contributed by atoms with van der Waals surface area (Å²) in [7, 11) is 0. The fourth-order valence-electron chi connectivity index (χ4n) is 1.21. The lowest BCUT2D eigenvalue weighted by molar-refractivity contribution is 0.0953. The molecular formula is C11H13BrClNO. The second kappa shape index (κ2) is 5.52. The number of halogens is 2. The Labute approximate surface area is 103 Å². The minimum Gasteiger partial charge on any atom is -0.351 e. The molecule has 1 N–H and O–H groups in total. The van der Waals surface area contributed by atoms with Crippen molar-refractivity contribution in [2.75, 3.05) is 6.54 Å². The van der Waals surface area contributed by atoms with Crippen LogP contribution in [0.5, 0.6) is 0 Å². The van der Waals surface area contributed by atoms with Gasteiger partial charge in [0.25, 0.3) is 5.91 Å². The van der Waals surface area contributed by atoms with Crippen LogP contribution < -0.4 is 5.32 Å². The van der Waals surface area contributed by atoms with Gasteiger partial charge in [-0.3, -0.25) is 4.79 Å². The first-order valence-electron chi connectivity index (χ1n) is 4.69. The highest BCUT2D eigenvalue weighted by molar-refractivity contribution is 9.10. The third kappa shape index (κ3) is 3.84. The topological polar surface area (TPSA) is 29.1 Å². The standard InChI is InChI=1S/C11H13BrClNO/c1-7-5-9(12)3-4-10(7)11(15)14-6-8(2)13/h3-5,8H,6H2,1-2H3,(H,14,15). The van der Waals surface area contributed by atoms with Crippen LogP contribution in [-0.2, 0) is 0 Å². The van der Waals surface area contributed by atoms with Crippen molar-refractivity contribution >= 4 is 33.4 Å². The van der Waals surface area contributed by atoms with Crippen molar-refractivity contribution in [3.63, 3.8) is 0 Å². The maximum Gasteiger partial charge on any atom is 0.251 e. The first kappa shape index (κ1) is 12.5. The van der Waals surface area contributed by atoms with Crippen molar-refractivity contribution in [2.24, 2.45) is 0 Å². The zero-order valence-corrected chi connectivity index (χ0v) is 11.0. The zero-order valence-electron chi connectivity index (χ0n) is 8.68. The van der Waals surface area contributed by atoms with E-state index in [-0.39, 0.29) is 11.3 Å². The lowest BCUT2D eigenvalue weighted by Gasteiger charge is -2.08. The Morgan fingerprint density at radius 1 is 1.60 bits per heavy atom. The highest BCUT2D eigenvalue weighted by atomic mass is 79.9. The molecule has 0 bridgehead atoms. The van der Waals surface area contributed by atoms with E-state index in [1.807, 2.05) is 26.0 Å². The maximum atomic E-state index is 11.7. The molecule has 82 valence electrons. The molecule has 4 heteroatoms. The number of alkyl halides is 1. The molecule has 0 saturated carbocycles. The van der Waals surface area contributed by atoms with Crippen molar-refractivity contribution in [3.8, 4) is 0 Å². The van der Waals surface area contributed by atoms with Gasteiger partial charge in [-0.25, -0.2) is 0 Å². The van der Waals surface area contributed by atoms with Gasteiger partial charge in [0, 0.05) is 22.0 Å². The quantitative estimate of drug-likeness (QED) is 0.852. The molecule has 1 amide bonds. The van der Waals surface area contributed by atoms with Gasteiger partial charge in [-0.15, -0.1) is 11.6 Å². The van der Waals surface area contributed by atoms with Crippen molar-refractivity contribution < 1.29 is 4.79 Å². The smallest absolute Gasteiger partial charge is 0.251 e. The molecule has 0 aliphatic carbocycles. The summed E-state index contributed by atoms with van der Waals surface area (Å²) in [5.74, 6) is -0.0764. The number of rotatable bonds is 3. The Morgan fingerprint density at radius 3 is 2.80 bits per heavy atom. The molecule has 1 unspecified atom stereocenters. The van der Waals surface area contributed by atoms with E-state index < -0.39 is 0 Å². The van der Waals surface area contributed by atoms with E-state index in [4.69, 9.17) is 11.6 Å². The summed E-state index contributed by atoms with van der Waals surface area (Å²) < 4.78 is 0.974. The predicted molar refractivity (Wildman–Crippen MR) is 66.5 cm³/mol. The molecule has 1 atom stereocenters. The molecule has 1 aromatic carbocycles. The van der Waals surface area contributed by atoms with Crippen LogP contribution in [0.15, 0.2) is 22.7 Å². The normalized spacial score (nSPS) is 12.3. The van der Waals surface area contributed by atoms with Gasteiger partial charge in [0.05, 0.1) is 0 Å². The van der Waals surface area contributed by atoms with Gasteiger partial charge in [-0.1, -0.05) is 15.9 Å². The molecule has 0 spiro atoms. The molecule has 15 heavy (non-hydrogen) atoms. The molecular weight excluding hydrogens is 277 g/mol. The molecule has 1 aromatic rings. The Morgan fingerprint density at radius 2 is 2.27 bits per heavy atom. The van der Waals surface area contributed by atoms with Crippen LogP contribution in [0.3, 0.4) is 0 Å². The van der Waals surface area contributed by atoms with Crippen LogP contribution in [0.25, 0.3) is 0 Å². The predicted octanol–water partition coefficient (Wildman–Crippen LogP) is 3.11. The van der Waals surface area contributed by atoms with E-state index in [2.05, 4.69) is 21.2 Å². The Bertz CT molecular complexity index is 366. The summed E-state index contributed by atoms with van der Waals surface area (Å²) in [6, 6.07) is 5.57. The van der Waals surface area contributed by atoms with E-state index in [0.29, 0.717) is 12.1 Å². The number of hydrogen-bond acceptors (Lipinski definition) is 1. The first-order valence-corrected chi connectivity index (χ1v) is 5.92. The molecule has 0 heterocycles. The molecule has 0 radical (unpaired) electrons. The summed E-state index contributed by atoms with van der Waals surface area (Å²) in [6.07, 6.45) is 0. The molecule has 1 rings (SSSR count). The van der Waals surface area contributed by atoms with Gasteiger partial charge in [0.1, 0.15) is 0 Å². The number of hydrogen-bond donors (Lipinski definition) is 1. The SMILES string of the molecule is Cc1cc(Br)ccc1C(=O)NCC(C)Cl. The van der Waals surface area contributed by atoms with Gasteiger partial charge < -0.3 is 5.32 Å². The number of benzene rings is 1. The van der Waals surface area contributed by atoms with Crippen LogP contribution in [0.2, 0.25) is 0 Å². The maximum absolute atomic E-state index is 11.7. The number of nitrogens with one attached hydrogen (secondary N) is 1. The van der Waals surface area contributed by atoms with E-state index in [9.17, 15) is 4.79 Å². The second-order valence-electron chi connectivity index (χ2n) is 3.45. The van der Waals surface area contributed by atoms with Crippen LogP contribution in [0.4, 0.5) is 0 Å². The van der Waals surface area contributed by atoms with E-state index >= 15 is 0 Å². The number of aryl methyl sites for hydroxylation is 1. The molecule has 0 saturated heterocycles. The van der Waals surface area contributed by atoms with Crippen molar-refractivity contribution in [1.82, 2.24) is 5.32 Å². The molecule has 0 aliphatic heterocycles. The second-order valence-corrected chi connectivity index (χ2v) is 5.11. The Balaban J connectivity index is 2.74.